The molecule has 0 aliphatic heterocycles. The first-order valence-corrected chi connectivity index (χ1v) is 5.85. The molecule has 0 aliphatic carbocycles. The van der Waals surface area contributed by atoms with Gasteiger partial charge in [-0.3, -0.25) is 0 Å². The maximum absolute atomic E-state index is 11.3. The van der Waals surface area contributed by atoms with Crippen molar-refractivity contribution < 1.29 is 22.7 Å². The predicted octanol–water partition coefficient (Wildman–Crippen LogP) is -1.24. The SMILES string of the molecule is CC(C)([C@H](N)C(=O)OC(N)=O)S(C)(=O)=O. The summed E-state index contributed by atoms with van der Waals surface area (Å²) >= 11 is 0. The van der Waals surface area contributed by atoms with Crippen molar-refractivity contribution in [2.24, 2.45) is 11.5 Å². The van der Waals surface area contributed by atoms with Gasteiger partial charge in [0.2, 0.25) is 0 Å². The Morgan fingerprint density at radius 2 is 1.73 bits per heavy atom. The van der Waals surface area contributed by atoms with E-state index < -0.39 is 32.7 Å². The molecule has 0 aromatic carbocycles. The van der Waals surface area contributed by atoms with Crippen LogP contribution in [0.1, 0.15) is 13.8 Å². The van der Waals surface area contributed by atoms with Gasteiger partial charge >= 0.3 is 12.1 Å². The van der Waals surface area contributed by atoms with Gasteiger partial charge in [-0.05, 0) is 13.8 Å². The number of primary amides is 1. The van der Waals surface area contributed by atoms with Gasteiger partial charge in [-0.15, -0.1) is 0 Å². The first-order valence-electron chi connectivity index (χ1n) is 3.96. The van der Waals surface area contributed by atoms with Crippen molar-refractivity contribution in [3.05, 3.63) is 0 Å². The Morgan fingerprint density at radius 3 is 2.00 bits per heavy atom. The number of nitrogens with two attached hydrogens (primary N) is 2. The van der Waals surface area contributed by atoms with E-state index in [0.717, 1.165) is 6.26 Å². The number of carbonyl (C=O) groups excluding carboxylic acids is 2. The minimum Gasteiger partial charge on any atom is -0.375 e. The average Bonchev–Trinajstić information content (AvgIpc) is 1.99. The molecule has 0 saturated carbocycles. The number of hydrogen-bond donors (Lipinski definition) is 2. The molecular weight excluding hydrogens is 224 g/mol. The van der Waals surface area contributed by atoms with Crippen LogP contribution < -0.4 is 11.5 Å². The van der Waals surface area contributed by atoms with Gasteiger partial charge in [-0.2, -0.15) is 0 Å². The smallest absolute Gasteiger partial charge is 0.375 e. The second-order valence-electron chi connectivity index (χ2n) is 3.59. The molecule has 0 aromatic heterocycles. The summed E-state index contributed by atoms with van der Waals surface area (Å²) in [5.41, 5.74) is 9.96. The van der Waals surface area contributed by atoms with E-state index in [1.54, 1.807) is 0 Å². The molecule has 0 fully saturated rings. The molecule has 0 saturated heterocycles. The van der Waals surface area contributed by atoms with Crippen LogP contribution in [0.5, 0.6) is 0 Å². The molecule has 0 aliphatic rings. The molecule has 7 nitrogen and oxygen atoms in total. The van der Waals surface area contributed by atoms with Crippen LogP contribution in [-0.4, -0.2) is 37.5 Å². The number of rotatable bonds is 3. The van der Waals surface area contributed by atoms with Crippen LogP contribution in [0, 0.1) is 0 Å². The molecule has 8 heteroatoms. The quantitative estimate of drug-likeness (QED) is 0.467. The van der Waals surface area contributed by atoms with Gasteiger partial charge in [-0.1, -0.05) is 0 Å². The van der Waals surface area contributed by atoms with E-state index in [-0.39, 0.29) is 0 Å². The third-order valence-electron chi connectivity index (χ3n) is 2.16. The first kappa shape index (κ1) is 13.8. The highest BCUT2D eigenvalue weighted by atomic mass is 32.2. The highest BCUT2D eigenvalue weighted by Gasteiger charge is 2.42. The van der Waals surface area contributed by atoms with Gasteiger partial charge in [0.05, 0.1) is 4.75 Å². The van der Waals surface area contributed by atoms with Gasteiger partial charge in [-0.25, -0.2) is 18.0 Å². The average molecular weight is 238 g/mol. The van der Waals surface area contributed by atoms with Gasteiger partial charge in [0.25, 0.3) is 0 Å². The van der Waals surface area contributed by atoms with E-state index in [1.165, 1.54) is 13.8 Å². The molecule has 0 radical (unpaired) electrons. The van der Waals surface area contributed by atoms with Crippen molar-refractivity contribution in [3.8, 4) is 0 Å². The van der Waals surface area contributed by atoms with E-state index in [4.69, 9.17) is 5.73 Å². The zero-order valence-electron chi connectivity index (χ0n) is 8.68. The lowest BCUT2D eigenvalue weighted by Crippen LogP contribution is -2.54. The van der Waals surface area contributed by atoms with Crippen LogP contribution in [-0.2, 0) is 19.4 Å². The van der Waals surface area contributed by atoms with Gasteiger partial charge in [0, 0.05) is 6.26 Å². The summed E-state index contributed by atoms with van der Waals surface area (Å²) < 4.78 is 25.0. The second kappa shape index (κ2) is 4.15. The van der Waals surface area contributed by atoms with E-state index in [9.17, 15) is 18.0 Å². The Morgan fingerprint density at radius 1 is 1.33 bits per heavy atom. The Hall–Kier alpha value is -1.15. The fourth-order valence-electron chi connectivity index (χ4n) is 0.677. The molecule has 1 amide bonds. The van der Waals surface area contributed by atoms with Crippen LogP contribution in [0.2, 0.25) is 0 Å². The number of sulfone groups is 1. The third kappa shape index (κ3) is 3.17. The standard InChI is InChI=1S/C7H14N2O5S/c1-7(2,15(3,12)13)4(8)5(10)14-6(9)11/h4H,8H2,1-3H3,(H2,9,11)/t4-/m1/s1. The highest BCUT2D eigenvalue weighted by molar-refractivity contribution is 7.92. The van der Waals surface area contributed by atoms with Crippen molar-refractivity contribution in [2.75, 3.05) is 6.26 Å². The van der Waals surface area contributed by atoms with E-state index in [1.807, 2.05) is 0 Å². The van der Waals surface area contributed by atoms with Crippen LogP contribution in [0.15, 0.2) is 0 Å². The normalized spacial score (nSPS) is 14.4. The molecule has 0 aromatic rings. The Bertz CT molecular complexity index is 373. The summed E-state index contributed by atoms with van der Waals surface area (Å²) in [7, 11) is -3.56. The summed E-state index contributed by atoms with van der Waals surface area (Å²) in [5.74, 6) is -1.17. The second-order valence-corrected chi connectivity index (χ2v) is 6.19. The molecule has 0 spiro atoms. The van der Waals surface area contributed by atoms with Crippen LogP contribution in [0.3, 0.4) is 0 Å². The number of hydrogen-bond acceptors (Lipinski definition) is 6. The Balaban J connectivity index is 4.94. The number of carbonyl (C=O) groups is 2. The van der Waals surface area contributed by atoms with E-state index in [0.29, 0.717) is 0 Å². The molecule has 0 rings (SSSR count). The zero-order valence-corrected chi connectivity index (χ0v) is 9.50. The monoisotopic (exact) mass is 238 g/mol. The van der Waals surface area contributed by atoms with Crippen molar-refractivity contribution >= 4 is 21.9 Å². The van der Waals surface area contributed by atoms with E-state index in [2.05, 4.69) is 10.5 Å². The van der Waals surface area contributed by atoms with Crippen molar-refractivity contribution in [1.29, 1.82) is 0 Å². The summed E-state index contributed by atoms with van der Waals surface area (Å²) in [4.78, 5) is 21.4. The predicted molar refractivity (Wildman–Crippen MR) is 52.6 cm³/mol. The maximum atomic E-state index is 11.3. The topological polar surface area (TPSA) is 130 Å². The molecule has 88 valence electrons. The lowest BCUT2D eigenvalue weighted by molar-refractivity contribution is -0.139. The van der Waals surface area contributed by atoms with Crippen LogP contribution in [0.25, 0.3) is 0 Å². The van der Waals surface area contributed by atoms with Crippen LogP contribution >= 0.6 is 0 Å². The minimum atomic E-state index is -3.56. The zero-order chi connectivity index (χ0) is 12.4. The Kier molecular flexibility index (Phi) is 3.83. The van der Waals surface area contributed by atoms with Gasteiger partial charge in [0.15, 0.2) is 9.84 Å². The molecule has 1 atom stereocenters. The summed E-state index contributed by atoms with van der Waals surface area (Å²) in [6.07, 6.45) is -0.385. The summed E-state index contributed by atoms with van der Waals surface area (Å²) in [6.45, 7) is 2.52. The van der Waals surface area contributed by atoms with Gasteiger partial charge < -0.3 is 16.2 Å². The summed E-state index contributed by atoms with van der Waals surface area (Å²) in [6, 6.07) is -1.47. The molecular formula is C7H14N2O5S. The molecule has 0 heterocycles. The van der Waals surface area contributed by atoms with Crippen molar-refractivity contribution in [2.45, 2.75) is 24.6 Å². The van der Waals surface area contributed by atoms with Crippen LogP contribution in [0.4, 0.5) is 4.79 Å². The molecule has 15 heavy (non-hydrogen) atoms. The largest absolute Gasteiger partial charge is 0.412 e. The highest BCUT2D eigenvalue weighted by Crippen LogP contribution is 2.19. The molecule has 0 bridgehead atoms. The fourth-order valence-corrected chi connectivity index (χ4v) is 1.23. The number of ether oxygens (including phenoxy) is 1. The lowest BCUT2D eigenvalue weighted by Gasteiger charge is -2.27. The van der Waals surface area contributed by atoms with E-state index >= 15 is 0 Å². The number of esters is 1. The van der Waals surface area contributed by atoms with Gasteiger partial charge in [0.1, 0.15) is 6.04 Å². The van der Waals surface area contributed by atoms with Crippen molar-refractivity contribution in [3.63, 3.8) is 0 Å². The number of amides is 1. The third-order valence-corrected chi connectivity index (χ3v) is 4.33. The van der Waals surface area contributed by atoms with Crippen molar-refractivity contribution in [1.82, 2.24) is 0 Å². The minimum absolute atomic E-state index is 0.935. The maximum Gasteiger partial charge on any atom is 0.412 e. The summed E-state index contributed by atoms with van der Waals surface area (Å²) in [5, 5.41) is 0. The molecule has 0 unspecified atom stereocenters. The molecule has 4 N–H and O–H groups in total. The fraction of sp³-hybridized carbons (Fsp3) is 0.714. The first-order chi connectivity index (χ1) is 6.50. The Labute approximate surface area is 87.7 Å². The lowest BCUT2D eigenvalue weighted by atomic mass is 10.1.